The molecule has 1 aliphatic rings. The van der Waals surface area contributed by atoms with Gasteiger partial charge in [0.05, 0.1) is 28.1 Å². The molecule has 6 rings (SSSR count). The predicted molar refractivity (Wildman–Crippen MR) is 129 cm³/mol. The normalized spacial score (nSPS) is 17.3. The first-order valence-electron chi connectivity index (χ1n) is 10.7. The molecule has 3 N–H and O–H groups in total. The summed E-state index contributed by atoms with van der Waals surface area (Å²) in [4.78, 5) is 16.6. The van der Waals surface area contributed by atoms with Crippen LogP contribution < -0.4 is 10.1 Å². The highest BCUT2D eigenvalue weighted by Gasteiger charge is 2.31. The number of imidazole rings is 1. The number of pyridine rings is 1. The molecule has 0 fully saturated rings. The molecule has 0 saturated heterocycles. The molecule has 164 valence electrons. The number of aromatic amines is 1. The van der Waals surface area contributed by atoms with Gasteiger partial charge in [-0.25, -0.2) is 9.97 Å². The van der Waals surface area contributed by atoms with Crippen molar-refractivity contribution in [3.8, 4) is 23.0 Å². The minimum absolute atomic E-state index is 0.155. The topological polar surface area (TPSA) is 96.0 Å². The van der Waals surface area contributed by atoms with Crippen LogP contribution in [0, 0.1) is 6.92 Å². The number of nitrogens with one attached hydrogen (secondary N) is 2. The van der Waals surface area contributed by atoms with Gasteiger partial charge in [-0.15, -0.1) is 0 Å². The van der Waals surface area contributed by atoms with Gasteiger partial charge >= 0.3 is 0 Å². The van der Waals surface area contributed by atoms with Crippen LogP contribution in [0.4, 0.5) is 5.13 Å². The molecule has 33 heavy (non-hydrogen) atoms. The van der Waals surface area contributed by atoms with Crippen molar-refractivity contribution in [2.75, 3.05) is 5.32 Å². The number of aliphatic hydroxyl groups is 1. The maximum absolute atomic E-state index is 10.5. The summed E-state index contributed by atoms with van der Waals surface area (Å²) in [6.07, 6.45) is 3.74. The van der Waals surface area contributed by atoms with E-state index in [2.05, 4.69) is 32.4 Å². The molecule has 7 nitrogen and oxygen atoms in total. The maximum atomic E-state index is 10.5. The second kappa shape index (κ2) is 7.99. The molecule has 0 amide bonds. The zero-order valence-corrected chi connectivity index (χ0v) is 18.6. The Balaban J connectivity index is 1.23. The van der Waals surface area contributed by atoms with Crippen molar-refractivity contribution < 1.29 is 9.84 Å². The smallest absolute Gasteiger partial charge is 0.184 e. The predicted octanol–water partition coefficient (Wildman–Crippen LogP) is 5.25. The number of fused-ring (bicyclic) bond motifs is 2. The van der Waals surface area contributed by atoms with Crippen LogP contribution in [0.15, 0.2) is 67.0 Å². The summed E-state index contributed by atoms with van der Waals surface area (Å²) in [5, 5.41) is 14.8. The standard InChI is InChI=1S/C25H21N5O2S/c1-14-13-27-24(28-14)20-11-17(8-9-26-20)32-16-6-7-19-22(12-16)33-25(29-19)30-23-18-5-3-2-4-15(18)10-21(23)31/h2-9,11-13,21,23,31H,10H2,1H3,(H,27,28)(H,29,30)/t21-,23+/m0/s1. The number of H-pyrrole nitrogens is 1. The van der Waals surface area contributed by atoms with E-state index in [4.69, 9.17) is 9.72 Å². The van der Waals surface area contributed by atoms with Gasteiger partial charge in [-0.2, -0.15) is 0 Å². The second-order valence-corrected chi connectivity index (χ2v) is 9.14. The van der Waals surface area contributed by atoms with Crippen molar-refractivity contribution in [2.24, 2.45) is 0 Å². The van der Waals surface area contributed by atoms with Gasteiger partial charge in [0, 0.05) is 30.9 Å². The van der Waals surface area contributed by atoms with Crippen molar-refractivity contribution in [2.45, 2.75) is 25.5 Å². The molecule has 0 spiro atoms. The number of nitrogens with zero attached hydrogens (tertiary/aromatic N) is 3. The lowest BCUT2D eigenvalue weighted by atomic mass is 10.1. The van der Waals surface area contributed by atoms with Crippen molar-refractivity contribution in [3.05, 3.63) is 83.8 Å². The highest BCUT2D eigenvalue weighted by atomic mass is 32.1. The van der Waals surface area contributed by atoms with Crippen LogP contribution in [-0.4, -0.2) is 31.1 Å². The van der Waals surface area contributed by atoms with E-state index in [0.717, 1.165) is 38.0 Å². The van der Waals surface area contributed by atoms with Crippen LogP contribution in [0.25, 0.3) is 21.7 Å². The summed E-state index contributed by atoms with van der Waals surface area (Å²) in [7, 11) is 0. The van der Waals surface area contributed by atoms with Crippen LogP contribution in [0.1, 0.15) is 22.9 Å². The molecule has 5 aromatic rings. The van der Waals surface area contributed by atoms with Crippen LogP contribution in [0.5, 0.6) is 11.5 Å². The fourth-order valence-electron chi connectivity index (χ4n) is 4.20. The number of hydrogen-bond donors (Lipinski definition) is 3. The number of thiazole rings is 1. The lowest BCUT2D eigenvalue weighted by Crippen LogP contribution is -2.20. The Kier molecular flexibility index (Phi) is 4.82. The maximum Gasteiger partial charge on any atom is 0.184 e. The monoisotopic (exact) mass is 455 g/mol. The Morgan fingerprint density at radius 1 is 1.09 bits per heavy atom. The van der Waals surface area contributed by atoms with E-state index in [1.807, 2.05) is 55.6 Å². The van der Waals surface area contributed by atoms with E-state index < -0.39 is 6.10 Å². The van der Waals surface area contributed by atoms with Crippen molar-refractivity contribution in [3.63, 3.8) is 0 Å². The van der Waals surface area contributed by atoms with E-state index in [0.29, 0.717) is 18.0 Å². The number of benzene rings is 2. The third-order valence-electron chi connectivity index (χ3n) is 5.76. The molecule has 2 aromatic carbocycles. The molecular weight excluding hydrogens is 434 g/mol. The van der Waals surface area contributed by atoms with Gasteiger partial charge < -0.3 is 20.1 Å². The zero-order valence-electron chi connectivity index (χ0n) is 17.8. The molecule has 0 aliphatic heterocycles. The van der Waals surface area contributed by atoms with E-state index in [1.54, 1.807) is 17.5 Å². The first-order chi connectivity index (χ1) is 16.1. The van der Waals surface area contributed by atoms with Gasteiger partial charge in [0.2, 0.25) is 0 Å². The summed E-state index contributed by atoms with van der Waals surface area (Å²) in [5.74, 6) is 2.11. The minimum Gasteiger partial charge on any atom is -0.457 e. The number of aromatic nitrogens is 4. The molecule has 0 radical (unpaired) electrons. The van der Waals surface area contributed by atoms with E-state index in [9.17, 15) is 5.11 Å². The average Bonchev–Trinajstić information content (AvgIpc) is 3.51. The number of aryl methyl sites for hydroxylation is 1. The van der Waals surface area contributed by atoms with Crippen molar-refractivity contribution in [1.29, 1.82) is 0 Å². The van der Waals surface area contributed by atoms with Gasteiger partial charge in [-0.3, -0.25) is 4.98 Å². The summed E-state index contributed by atoms with van der Waals surface area (Å²) >= 11 is 1.55. The number of anilines is 1. The summed E-state index contributed by atoms with van der Waals surface area (Å²) < 4.78 is 7.10. The SMILES string of the molecule is Cc1c[nH]c(-c2cc(Oc3ccc4nc(N[C@@H]5c6ccccc6C[C@@H]5O)sc4c3)ccn2)n1. The van der Waals surface area contributed by atoms with Crippen LogP contribution in [-0.2, 0) is 6.42 Å². The summed E-state index contributed by atoms with van der Waals surface area (Å²) in [5.41, 5.74) is 4.83. The third-order valence-corrected chi connectivity index (χ3v) is 6.71. The molecule has 0 unspecified atom stereocenters. The van der Waals surface area contributed by atoms with Gasteiger partial charge in [-0.1, -0.05) is 35.6 Å². The highest BCUT2D eigenvalue weighted by Crippen LogP contribution is 2.37. The molecular formula is C25H21N5O2S. The van der Waals surface area contributed by atoms with Gasteiger partial charge in [0.25, 0.3) is 0 Å². The van der Waals surface area contributed by atoms with Gasteiger partial charge in [0.1, 0.15) is 17.2 Å². The Labute approximate surface area is 194 Å². The van der Waals surface area contributed by atoms with Crippen LogP contribution >= 0.6 is 11.3 Å². The molecule has 2 atom stereocenters. The fraction of sp³-hybridized carbons (Fsp3) is 0.160. The zero-order chi connectivity index (χ0) is 22.4. The highest BCUT2D eigenvalue weighted by molar-refractivity contribution is 7.22. The van der Waals surface area contributed by atoms with E-state index in [1.165, 1.54) is 5.56 Å². The lowest BCUT2D eigenvalue weighted by Gasteiger charge is -2.16. The van der Waals surface area contributed by atoms with Crippen molar-refractivity contribution in [1.82, 2.24) is 19.9 Å². The first kappa shape index (κ1) is 19.9. The number of hydrogen-bond acceptors (Lipinski definition) is 7. The third kappa shape index (κ3) is 3.83. The Bertz CT molecular complexity index is 1460. The molecule has 0 bridgehead atoms. The largest absolute Gasteiger partial charge is 0.457 e. The van der Waals surface area contributed by atoms with Gasteiger partial charge in [0.15, 0.2) is 11.0 Å². The van der Waals surface area contributed by atoms with E-state index >= 15 is 0 Å². The first-order valence-corrected chi connectivity index (χ1v) is 11.5. The molecule has 3 heterocycles. The van der Waals surface area contributed by atoms with Gasteiger partial charge in [-0.05, 0) is 36.2 Å². The molecule has 3 aromatic heterocycles. The minimum atomic E-state index is -0.466. The second-order valence-electron chi connectivity index (χ2n) is 8.11. The van der Waals surface area contributed by atoms with E-state index in [-0.39, 0.29) is 6.04 Å². The molecule has 1 aliphatic carbocycles. The number of rotatable bonds is 5. The number of ether oxygens (including phenoxy) is 1. The Morgan fingerprint density at radius 3 is 2.85 bits per heavy atom. The van der Waals surface area contributed by atoms with Crippen LogP contribution in [0.3, 0.4) is 0 Å². The molecule has 0 saturated carbocycles. The quantitative estimate of drug-likeness (QED) is 0.335. The lowest BCUT2D eigenvalue weighted by molar-refractivity contribution is 0.166. The van der Waals surface area contributed by atoms with Crippen LogP contribution in [0.2, 0.25) is 0 Å². The van der Waals surface area contributed by atoms with Crippen molar-refractivity contribution >= 4 is 26.7 Å². The number of aliphatic hydroxyl groups excluding tert-OH is 1. The molecule has 8 heteroatoms. The summed E-state index contributed by atoms with van der Waals surface area (Å²) in [6.45, 7) is 1.93. The Morgan fingerprint density at radius 2 is 1.97 bits per heavy atom. The summed E-state index contributed by atoms with van der Waals surface area (Å²) in [6, 6.07) is 17.5. The fourth-order valence-corrected chi connectivity index (χ4v) is 5.13. The Hall–Kier alpha value is -3.75. The average molecular weight is 456 g/mol.